The van der Waals surface area contributed by atoms with E-state index in [-0.39, 0.29) is 11.1 Å². The average molecular weight is 338 g/mol. The molecule has 1 amide bonds. The maximum absolute atomic E-state index is 13.3. The molecule has 0 spiro atoms. The molecule has 1 heterocycles. The van der Waals surface area contributed by atoms with E-state index in [1.54, 1.807) is 12.3 Å². The number of carbonyl (C=O) groups is 1. The van der Waals surface area contributed by atoms with Crippen LogP contribution in [0.15, 0.2) is 24.4 Å². The van der Waals surface area contributed by atoms with Gasteiger partial charge in [0.05, 0.1) is 16.6 Å². The predicted molar refractivity (Wildman–Crippen MR) is 86.8 cm³/mol. The monoisotopic (exact) mass is 338 g/mol. The summed E-state index contributed by atoms with van der Waals surface area (Å²) in [6.07, 6.45) is 1.23. The van der Waals surface area contributed by atoms with Crippen molar-refractivity contribution >= 4 is 16.8 Å². The molecular formula is C18H21F3N2O. The molecule has 6 heteroatoms. The third-order valence-corrected chi connectivity index (χ3v) is 4.95. The Morgan fingerprint density at radius 3 is 2.58 bits per heavy atom. The lowest BCUT2D eigenvalue weighted by molar-refractivity contribution is -0.137. The summed E-state index contributed by atoms with van der Waals surface area (Å²) in [5, 5.41) is 3.32. The van der Waals surface area contributed by atoms with Crippen LogP contribution in [0, 0.1) is 11.8 Å². The summed E-state index contributed by atoms with van der Waals surface area (Å²) in [5.41, 5.74) is -0.971. The second-order valence-electron chi connectivity index (χ2n) is 6.76. The van der Waals surface area contributed by atoms with E-state index >= 15 is 0 Å². The summed E-state index contributed by atoms with van der Waals surface area (Å²) >= 11 is 0. The molecule has 1 aliphatic carbocycles. The fourth-order valence-corrected chi connectivity index (χ4v) is 3.46. The molecule has 24 heavy (non-hydrogen) atoms. The van der Waals surface area contributed by atoms with Crippen LogP contribution in [0.1, 0.15) is 48.5 Å². The van der Waals surface area contributed by atoms with Crippen molar-refractivity contribution in [2.45, 2.75) is 38.8 Å². The third kappa shape index (κ3) is 3.42. The van der Waals surface area contributed by atoms with Gasteiger partial charge in [0.1, 0.15) is 0 Å². The summed E-state index contributed by atoms with van der Waals surface area (Å²) in [5.74, 6) is 0.387. The van der Waals surface area contributed by atoms with Crippen LogP contribution in [0.5, 0.6) is 0 Å². The van der Waals surface area contributed by atoms with E-state index in [9.17, 15) is 18.0 Å². The molecule has 1 saturated carbocycles. The Kier molecular flexibility index (Phi) is 4.56. The fraction of sp³-hybridized carbons (Fsp3) is 0.500. The van der Waals surface area contributed by atoms with Gasteiger partial charge in [-0.1, -0.05) is 25.8 Å². The number of fused-ring (bicyclic) bond motifs is 1. The molecule has 0 saturated heterocycles. The van der Waals surface area contributed by atoms with Crippen molar-refractivity contribution in [3.8, 4) is 0 Å². The number of aromatic nitrogens is 1. The van der Waals surface area contributed by atoms with E-state index < -0.39 is 17.6 Å². The summed E-state index contributed by atoms with van der Waals surface area (Å²) in [4.78, 5) is 15.3. The first-order valence-corrected chi connectivity index (χ1v) is 8.31. The van der Waals surface area contributed by atoms with Crippen LogP contribution in [0.25, 0.3) is 10.9 Å². The van der Waals surface area contributed by atoms with Crippen LogP contribution in [-0.2, 0) is 6.18 Å². The molecule has 1 aromatic heterocycles. The molecule has 0 atom stereocenters. The van der Waals surface area contributed by atoms with Gasteiger partial charge in [-0.3, -0.25) is 4.79 Å². The highest BCUT2D eigenvalue weighted by molar-refractivity contribution is 6.07. The smallest absolute Gasteiger partial charge is 0.361 e. The number of nitrogens with one attached hydrogen (secondary N) is 2. The Hall–Kier alpha value is -1.98. The molecule has 3 rings (SSSR count). The number of carbonyl (C=O) groups excluding carboxylic acids is 1. The maximum atomic E-state index is 13.3. The quantitative estimate of drug-likeness (QED) is 0.834. The molecule has 1 aromatic carbocycles. The number of hydrogen-bond donors (Lipinski definition) is 2. The Morgan fingerprint density at radius 1 is 1.21 bits per heavy atom. The van der Waals surface area contributed by atoms with Crippen LogP contribution >= 0.6 is 0 Å². The van der Waals surface area contributed by atoms with Crippen LogP contribution in [0.2, 0.25) is 0 Å². The highest BCUT2D eigenvalue weighted by Crippen LogP contribution is 2.35. The Labute approximate surface area is 138 Å². The number of rotatable bonds is 3. The summed E-state index contributed by atoms with van der Waals surface area (Å²) in [6.45, 7) is 2.64. The minimum Gasteiger partial charge on any atom is -0.361 e. The summed E-state index contributed by atoms with van der Waals surface area (Å²) in [7, 11) is 0. The van der Waals surface area contributed by atoms with Crippen molar-refractivity contribution < 1.29 is 18.0 Å². The first-order valence-electron chi connectivity index (χ1n) is 8.31. The highest BCUT2D eigenvalue weighted by atomic mass is 19.4. The molecule has 1 fully saturated rings. The largest absolute Gasteiger partial charge is 0.417 e. The molecule has 0 aliphatic heterocycles. The molecule has 3 nitrogen and oxygen atoms in total. The van der Waals surface area contributed by atoms with Crippen LogP contribution < -0.4 is 5.32 Å². The number of alkyl halides is 3. The number of halogens is 3. The maximum Gasteiger partial charge on any atom is 0.417 e. The molecule has 0 radical (unpaired) electrons. The molecule has 0 unspecified atom stereocenters. The number of hydrogen-bond acceptors (Lipinski definition) is 1. The summed E-state index contributed by atoms with van der Waals surface area (Å²) < 4.78 is 39.9. The van der Waals surface area contributed by atoms with E-state index in [4.69, 9.17) is 0 Å². The molecule has 2 aromatic rings. The average Bonchev–Trinajstić information content (AvgIpc) is 3.00. The zero-order valence-electron chi connectivity index (χ0n) is 13.5. The van der Waals surface area contributed by atoms with Crippen molar-refractivity contribution in [1.82, 2.24) is 10.3 Å². The van der Waals surface area contributed by atoms with E-state index in [1.165, 1.54) is 6.07 Å². The topological polar surface area (TPSA) is 44.9 Å². The van der Waals surface area contributed by atoms with Gasteiger partial charge in [-0.25, -0.2) is 0 Å². The fourth-order valence-electron chi connectivity index (χ4n) is 3.46. The minimum atomic E-state index is -4.56. The zero-order valence-corrected chi connectivity index (χ0v) is 13.5. The minimum absolute atomic E-state index is 0.236. The Morgan fingerprint density at radius 2 is 1.92 bits per heavy atom. The van der Waals surface area contributed by atoms with E-state index in [2.05, 4.69) is 17.2 Å². The van der Waals surface area contributed by atoms with Crippen LogP contribution in [0.4, 0.5) is 13.2 Å². The standard InChI is InChI=1S/C18H21F3N2O/c1-11-2-4-12(5-3-11)10-23-17(24)15-14(18(19,20)21)7-6-13-8-9-22-16(13)15/h6-9,11-12,22H,2-5,10H2,1H3,(H,23,24). The molecule has 130 valence electrons. The lowest BCUT2D eigenvalue weighted by Crippen LogP contribution is -2.32. The number of amides is 1. The van der Waals surface area contributed by atoms with Crippen LogP contribution in [-0.4, -0.2) is 17.4 Å². The lowest BCUT2D eigenvalue weighted by atomic mass is 9.83. The highest BCUT2D eigenvalue weighted by Gasteiger charge is 2.36. The van der Waals surface area contributed by atoms with Crippen molar-refractivity contribution in [2.75, 3.05) is 6.54 Å². The van der Waals surface area contributed by atoms with E-state index in [0.717, 1.165) is 31.7 Å². The number of H-pyrrole nitrogens is 1. The Bertz CT molecular complexity index is 727. The van der Waals surface area contributed by atoms with Gasteiger partial charge >= 0.3 is 6.18 Å². The van der Waals surface area contributed by atoms with Gasteiger partial charge in [0.25, 0.3) is 5.91 Å². The van der Waals surface area contributed by atoms with Crippen molar-refractivity contribution in [3.05, 3.63) is 35.5 Å². The van der Waals surface area contributed by atoms with Gasteiger partial charge in [-0.15, -0.1) is 0 Å². The normalized spacial score (nSPS) is 21.8. The van der Waals surface area contributed by atoms with Crippen LogP contribution in [0.3, 0.4) is 0 Å². The van der Waals surface area contributed by atoms with Gasteiger partial charge in [0.2, 0.25) is 0 Å². The lowest BCUT2D eigenvalue weighted by Gasteiger charge is -2.26. The first kappa shape index (κ1) is 16.9. The number of benzene rings is 1. The predicted octanol–water partition coefficient (Wildman–Crippen LogP) is 4.74. The van der Waals surface area contributed by atoms with E-state index in [1.807, 2.05) is 0 Å². The van der Waals surface area contributed by atoms with Gasteiger partial charge < -0.3 is 10.3 Å². The third-order valence-electron chi connectivity index (χ3n) is 4.95. The Balaban J connectivity index is 1.82. The summed E-state index contributed by atoms with van der Waals surface area (Å²) in [6, 6.07) is 4.02. The molecule has 1 aliphatic rings. The molecule has 2 N–H and O–H groups in total. The van der Waals surface area contributed by atoms with Crippen molar-refractivity contribution in [1.29, 1.82) is 0 Å². The van der Waals surface area contributed by atoms with Crippen molar-refractivity contribution in [2.24, 2.45) is 11.8 Å². The first-order chi connectivity index (χ1) is 11.4. The van der Waals surface area contributed by atoms with Gasteiger partial charge in [-0.2, -0.15) is 13.2 Å². The second-order valence-corrected chi connectivity index (χ2v) is 6.76. The zero-order chi connectivity index (χ0) is 17.3. The number of aromatic amines is 1. The van der Waals surface area contributed by atoms with Gasteiger partial charge in [0, 0.05) is 18.1 Å². The van der Waals surface area contributed by atoms with E-state index in [0.29, 0.717) is 23.8 Å². The SMILES string of the molecule is CC1CCC(CNC(=O)c2c(C(F)(F)F)ccc3cc[nH]c23)CC1. The van der Waals surface area contributed by atoms with Gasteiger partial charge in [0.15, 0.2) is 0 Å². The van der Waals surface area contributed by atoms with Gasteiger partial charge in [-0.05, 0) is 36.8 Å². The van der Waals surface area contributed by atoms with Crippen molar-refractivity contribution in [3.63, 3.8) is 0 Å². The molecular weight excluding hydrogens is 317 g/mol. The molecule has 0 bridgehead atoms. The second kappa shape index (κ2) is 6.49.